The molecule has 3 aromatic rings. The monoisotopic (exact) mass is 380 g/mol. The van der Waals surface area contributed by atoms with E-state index in [4.69, 9.17) is 0 Å². The molecule has 0 aliphatic heterocycles. The Bertz CT molecular complexity index is 1020. The Kier molecular flexibility index (Phi) is 4.85. The Morgan fingerprint density at radius 3 is 2.78 bits per heavy atom. The lowest BCUT2D eigenvalue weighted by Gasteiger charge is -2.07. The highest BCUT2D eigenvalue weighted by atomic mass is 32.1. The first-order chi connectivity index (χ1) is 13.1. The van der Waals surface area contributed by atoms with E-state index in [1.807, 2.05) is 37.3 Å². The molecule has 4 rings (SSSR count). The van der Waals surface area contributed by atoms with Gasteiger partial charge in [0.25, 0.3) is 11.5 Å². The molecular weight excluding hydrogens is 360 g/mol. The number of nitrogens with one attached hydrogen (secondary N) is 1. The normalized spacial score (nSPS) is 13.5. The smallest absolute Gasteiger partial charge is 0.263 e. The van der Waals surface area contributed by atoms with Crippen molar-refractivity contribution in [1.29, 1.82) is 0 Å². The van der Waals surface area contributed by atoms with Crippen molar-refractivity contribution >= 4 is 17.2 Å². The summed E-state index contributed by atoms with van der Waals surface area (Å²) in [5.74, 6) is 0.294. The van der Waals surface area contributed by atoms with Crippen LogP contribution in [0, 0.1) is 6.92 Å². The molecule has 0 saturated heterocycles. The highest BCUT2D eigenvalue weighted by molar-refractivity contribution is 7.17. The summed E-state index contributed by atoms with van der Waals surface area (Å²) in [5.41, 5.74) is 2.53. The van der Waals surface area contributed by atoms with Gasteiger partial charge in [-0.15, -0.1) is 11.3 Å². The minimum Gasteiger partial charge on any atom is -0.349 e. The maximum atomic E-state index is 12.5. The van der Waals surface area contributed by atoms with E-state index in [2.05, 4.69) is 15.3 Å². The highest BCUT2D eigenvalue weighted by Gasteiger charge is 2.25. The van der Waals surface area contributed by atoms with Crippen molar-refractivity contribution in [2.45, 2.75) is 32.2 Å². The second-order valence-corrected chi connectivity index (χ2v) is 7.67. The Balaban J connectivity index is 1.38. The summed E-state index contributed by atoms with van der Waals surface area (Å²) >= 11 is 1.38. The fraction of sp³-hybridized carbons (Fsp3) is 0.300. The van der Waals surface area contributed by atoms with Crippen molar-refractivity contribution in [2.75, 3.05) is 6.54 Å². The number of hydrogen-bond acceptors (Lipinski definition) is 5. The van der Waals surface area contributed by atoms with Crippen LogP contribution in [0.3, 0.4) is 0 Å². The van der Waals surface area contributed by atoms with Gasteiger partial charge < -0.3 is 5.32 Å². The largest absolute Gasteiger partial charge is 0.349 e. The molecule has 2 aromatic heterocycles. The lowest BCUT2D eigenvalue weighted by molar-refractivity contribution is 0.0955. The number of nitrogens with zero attached hydrogens (tertiary/aromatic N) is 3. The first kappa shape index (κ1) is 17.6. The average molecular weight is 380 g/mol. The number of rotatable bonds is 6. The van der Waals surface area contributed by atoms with Crippen molar-refractivity contribution in [3.63, 3.8) is 0 Å². The van der Waals surface area contributed by atoms with E-state index in [-0.39, 0.29) is 11.5 Å². The number of hydrogen-bond donors (Lipinski definition) is 1. The molecule has 0 radical (unpaired) electrons. The van der Waals surface area contributed by atoms with Crippen LogP contribution in [0.1, 0.15) is 39.8 Å². The summed E-state index contributed by atoms with van der Waals surface area (Å²) < 4.78 is 1.53. The number of benzene rings is 1. The van der Waals surface area contributed by atoms with Gasteiger partial charge in [-0.25, -0.2) is 9.97 Å². The first-order valence-electron chi connectivity index (χ1n) is 8.99. The molecule has 138 valence electrons. The third kappa shape index (κ3) is 3.98. The third-order valence-corrected chi connectivity index (χ3v) is 5.76. The molecule has 6 nitrogen and oxygen atoms in total. The fourth-order valence-corrected chi connectivity index (χ4v) is 3.88. The molecule has 27 heavy (non-hydrogen) atoms. The SMILES string of the molecule is Cc1nc(-c2ccccc2)sc1C(=O)NCCn1cnc(C2CC2)cc1=O. The van der Waals surface area contributed by atoms with Crippen molar-refractivity contribution < 1.29 is 4.79 Å². The van der Waals surface area contributed by atoms with E-state index < -0.39 is 0 Å². The summed E-state index contributed by atoms with van der Waals surface area (Å²) in [6.45, 7) is 2.59. The molecule has 0 bridgehead atoms. The number of aryl methyl sites for hydroxylation is 1. The number of aromatic nitrogens is 3. The first-order valence-corrected chi connectivity index (χ1v) is 9.81. The third-order valence-electron chi connectivity index (χ3n) is 4.56. The second kappa shape index (κ2) is 7.44. The maximum absolute atomic E-state index is 12.5. The molecule has 1 aliphatic rings. The summed E-state index contributed by atoms with van der Waals surface area (Å²) in [5, 5.41) is 3.70. The van der Waals surface area contributed by atoms with E-state index in [9.17, 15) is 9.59 Å². The van der Waals surface area contributed by atoms with Gasteiger partial charge in [-0.05, 0) is 19.8 Å². The van der Waals surface area contributed by atoms with Gasteiger partial charge in [-0.2, -0.15) is 0 Å². The van der Waals surface area contributed by atoms with Crippen LogP contribution in [0.5, 0.6) is 0 Å². The minimum absolute atomic E-state index is 0.0681. The zero-order valence-corrected chi connectivity index (χ0v) is 15.8. The molecule has 1 N–H and O–H groups in total. The average Bonchev–Trinajstić information content (AvgIpc) is 3.45. The van der Waals surface area contributed by atoms with Crippen molar-refractivity contribution in [3.8, 4) is 10.6 Å². The van der Waals surface area contributed by atoms with Gasteiger partial charge in [-0.3, -0.25) is 14.2 Å². The van der Waals surface area contributed by atoms with Gasteiger partial charge in [-0.1, -0.05) is 30.3 Å². The second-order valence-electron chi connectivity index (χ2n) is 6.68. The number of carbonyl (C=O) groups excluding carboxylic acids is 1. The minimum atomic E-state index is -0.164. The summed E-state index contributed by atoms with van der Waals surface area (Å²) in [6, 6.07) is 11.4. The topological polar surface area (TPSA) is 76.9 Å². The molecule has 0 unspecified atom stereocenters. The Morgan fingerprint density at radius 1 is 1.30 bits per heavy atom. The van der Waals surface area contributed by atoms with Crippen LogP contribution in [-0.4, -0.2) is 27.0 Å². The summed E-state index contributed by atoms with van der Waals surface area (Å²) in [4.78, 5) is 34.1. The van der Waals surface area contributed by atoms with Gasteiger partial charge in [0.1, 0.15) is 9.88 Å². The molecule has 1 aliphatic carbocycles. The summed E-state index contributed by atoms with van der Waals surface area (Å²) in [6.07, 6.45) is 3.81. The van der Waals surface area contributed by atoms with Crippen LogP contribution in [0.2, 0.25) is 0 Å². The molecule has 2 heterocycles. The van der Waals surface area contributed by atoms with Crippen molar-refractivity contribution in [2.24, 2.45) is 0 Å². The van der Waals surface area contributed by atoms with Crippen LogP contribution in [0.15, 0.2) is 47.5 Å². The predicted octanol–water partition coefficient (Wildman–Crippen LogP) is 2.98. The quantitative estimate of drug-likeness (QED) is 0.713. The number of carbonyl (C=O) groups is 1. The molecule has 1 aromatic carbocycles. The highest BCUT2D eigenvalue weighted by Crippen LogP contribution is 2.38. The molecule has 1 saturated carbocycles. The zero-order chi connectivity index (χ0) is 18.8. The Morgan fingerprint density at radius 2 is 2.07 bits per heavy atom. The molecule has 1 amide bonds. The summed E-state index contributed by atoms with van der Waals surface area (Å²) in [7, 11) is 0. The van der Waals surface area contributed by atoms with E-state index >= 15 is 0 Å². The number of thiazole rings is 1. The molecule has 0 atom stereocenters. The predicted molar refractivity (Wildman–Crippen MR) is 105 cm³/mol. The Labute approximate surface area is 160 Å². The van der Waals surface area contributed by atoms with E-state index in [1.54, 1.807) is 12.4 Å². The van der Waals surface area contributed by atoms with Crippen LogP contribution in [0.25, 0.3) is 10.6 Å². The van der Waals surface area contributed by atoms with Gasteiger partial charge in [0.15, 0.2) is 0 Å². The van der Waals surface area contributed by atoms with E-state index in [0.717, 1.165) is 29.1 Å². The van der Waals surface area contributed by atoms with Gasteiger partial charge >= 0.3 is 0 Å². The van der Waals surface area contributed by atoms with Gasteiger partial charge in [0.05, 0.1) is 17.7 Å². The van der Waals surface area contributed by atoms with E-state index in [1.165, 1.54) is 15.9 Å². The Hall–Kier alpha value is -2.80. The van der Waals surface area contributed by atoms with Crippen LogP contribution < -0.4 is 10.9 Å². The van der Waals surface area contributed by atoms with Gasteiger partial charge in [0, 0.05) is 30.6 Å². The molecule has 7 heteroatoms. The van der Waals surface area contributed by atoms with Crippen molar-refractivity contribution in [1.82, 2.24) is 19.9 Å². The molecule has 0 spiro atoms. The molecular formula is C20H20N4O2S. The molecule has 1 fully saturated rings. The standard InChI is InChI=1S/C20H20N4O2S/c1-13-18(27-20(23-13)15-5-3-2-4-6-15)19(26)21-9-10-24-12-22-16(11-17(24)25)14-7-8-14/h2-6,11-12,14H,7-10H2,1H3,(H,21,26). The van der Waals surface area contributed by atoms with E-state index in [0.29, 0.717) is 29.6 Å². The van der Waals surface area contributed by atoms with Gasteiger partial charge in [0.2, 0.25) is 0 Å². The zero-order valence-electron chi connectivity index (χ0n) is 15.0. The number of amides is 1. The van der Waals surface area contributed by atoms with Crippen LogP contribution >= 0.6 is 11.3 Å². The fourth-order valence-electron chi connectivity index (χ4n) is 2.89. The maximum Gasteiger partial charge on any atom is 0.263 e. The van der Waals surface area contributed by atoms with Crippen LogP contribution in [0.4, 0.5) is 0 Å². The lowest BCUT2D eigenvalue weighted by Crippen LogP contribution is -2.30. The lowest BCUT2D eigenvalue weighted by atomic mass is 10.2. The van der Waals surface area contributed by atoms with Crippen LogP contribution in [-0.2, 0) is 6.54 Å². The van der Waals surface area contributed by atoms with Crippen molar-refractivity contribution in [3.05, 3.63) is 69.3 Å².